The summed E-state index contributed by atoms with van der Waals surface area (Å²) in [6.45, 7) is 4.45. The van der Waals surface area contributed by atoms with Gasteiger partial charge in [-0.2, -0.15) is 0 Å². The predicted octanol–water partition coefficient (Wildman–Crippen LogP) is 4.05. The van der Waals surface area contributed by atoms with Gasteiger partial charge in [0.2, 0.25) is 0 Å². The summed E-state index contributed by atoms with van der Waals surface area (Å²) in [6.07, 6.45) is 5.54. The summed E-state index contributed by atoms with van der Waals surface area (Å²) in [5, 5.41) is 0. The lowest BCUT2D eigenvalue weighted by Gasteiger charge is -2.05. The van der Waals surface area contributed by atoms with E-state index in [9.17, 15) is 14.4 Å². The molecule has 1 aromatic rings. The van der Waals surface area contributed by atoms with Gasteiger partial charge in [0.05, 0.1) is 12.8 Å². The Morgan fingerprint density at radius 3 is 2.17 bits per heavy atom. The highest BCUT2D eigenvalue weighted by atomic mass is 16.6. The number of rotatable bonds is 7. The molecule has 0 N–H and O–H groups in total. The lowest BCUT2D eigenvalue weighted by Crippen LogP contribution is -2.07. The van der Waals surface area contributed by atoms with E-state index in [1.54, 1.807) is 12.1 Å². The molecule has 0 unspecified atom stereocenters. The number of hydrogen-bond acceptors (Lipinski definition) is 5. The van der Waals surface area contributed by atoms with Crippen LogP contribution in [0.15, 0.2) is 30.3 Å². The molecule has 5 nitrogen and oxygen atoms in total. The van der Waals surface area contributed by atoms with Crippen molar-refractivity contribution in [1.29, 1.82) is 0 Å². The predicted molar refractivity (Wildman–Crippen MR) is 90.3 cm³/mol. The molecule has 0 aromatic heterocycles. The Morgan fingerprint density at radius 1 is 1.04 bits per heavy atom. The van der Waals surface area contributed by atoms with E-state index in [-0.39, 0.29) is 18.8 Å². The van der Waals surface area contributed by atoms with Crippen molar-refractivity contribution in [3.05, 3.63) is 30.3 Å². The van der Waals surface area contributed by atoms with Gasteiger partial charge in [0.25, 0.3) is 0 Å². The summed E-state index contributed by atoms with van der Waals surface area (Å²) >= 11 is 0. The maximum atomic E-state index is 11.5. The Bertz CT molecular complexity index is 508. The van der Waals surface area contributed by atoms with Crippen LogP contribution in [0.5, 0.6) is 5.75 Å². The van der Waals surface area contributed by atoms with Crippen molar-refractivity contribution in [3.8, 4) is 5.75 Å². The van der Waals surface area contributed by atoms with Crippen LogP contribution in [0.25, 0.3) is 0 Å². The zero-order chi connectivity index (χ0) is 17.8. The second-order valence-electron chi connectivity index (χ2n) is 6.13. The zero-order valence-corrected chi connectivity index (χ0v) is 14.5. The molecule has 0 amide bonds. The van der Waals surface area contributed by atoms with Crippen LogP contribution in [0, 0.1) is 5.92 Å². The molecule has 5 heteroatoms. The van der Waals surface area contributed by atoms with Crippen molar-refractivity contribution in [3.63, 3.8) is 0 Å². The van der Waals surface area contributed by atoms with Crippen LogP contribution in [0.4, 0.5) is 0 Å². The summed E-state index contributed by atoms with van der Waals surface area (Å²) in [6, 6.07) is 9.24. The molecule has 1 fully saturated rings. The second kappa shape index (κ2) is 11.4. The highest BCUT2D eigenvalue weighted by molar-refractivity contribution is 5.92. The van der Waals surface area contributed by atoms with Gasteiger partial charge in [-0.1, -0.05) is 51.3 Å². The van der Waals surface area contributed by atoms with E-state index in [4.69, 9.17) is 4.74 Å². The number of esters is 3. The summed E-state index contributed by atoms with van der Waals surface area (Å²) in [5.41, 5.74) is 0. The highest BCUT2D eigenvalue weighted by Crippen LogP contribution is 2.12. The first-order valence-corrected chi connectivity index (χ1v) is 8.46. The highest BCUT2D eigenvalue weighted by Gasteiger charge is 2.19. The summed E-state index contributed by atoms with van der Waals surface area (Å²) < 4.78 is 9.29. The van der Waals surface area contributed by atoms with E-state index in [2.05, 4.69) is 18.6 Å². The topological polar surface area (TPSA) is 69.7 Å². The van der Waals surface area contributed by atoms with Crippen molar-refractivity contribution in [2.45, 2.75) is 58.8 Å². The van der Waals surface area contributed by atoms with Crippen LogP contribution < -0.4 is 4.74 Å². The Morgan fingerprint density at radius 2 is 1.67 bits per heavy atom. The molecule has 24 heavy (non-hydrogen) atoms. The first-order chi connectivity index (χ1) is 11.5. The van der Waals surface area contributed by atoms with Gasteiger partial charge in [-0.25, -0.2) is 0 Å². The minimum Gasteiger partial charge on any atom is -0.427 e. The van der Waals surface area contributed by atoms with Crippen LogP contribution >= 0.6 is 0 Å². The first-order valence-electron chi connectivity index (χ1n) is 8.46. The van der Waals surface area contributed by atoms with E-state index in [0.29, 0.717) is 12.2 Å². The lowest BCUT2D eigenvalue weighted by molar-refractivity contribution is -0.152. The molecular formula is C19H26O5. The van der Waals surface area contributed by atoms with Crippen molar-refractivity contribution in [1.82, 2.24) is 0 Å². The molecule has 0 spiro atoms. The van der Waals surface area contributed by atoms with Gasteiger partial charge in [-0.05, 0) is 24.5 Å². The zero-order valence-electron chi connectivity index (χ0n) is 14.5. The fourth-order valence-electron chi connectivity index (χ4n) is 2.10. The average Bonchev–Trinajstić information content (AvgIpc) is 2.91. The number of para-hydroxylation sites is 1. The third kappa shape index (κ3) is 9.77. The Kier molecular flexibility index (Phi) is 9.42. The van der Waals surface area contributed by atoms with Gasteiger partial charge in [-0.15, -0.1) is 0 Å². The van der Waals surface area contributed by atoms with E-state index in [1.807, 2.05) is 18.2 Å². The molecule has 1 saturated heterocycles. The average molecular weight is 334 g/mol. The Labute approximate surface area is 143 Å². The minimum absolute atomic E-state index is 0.124. The minimum atomic E-state index is -0.398. The third-order valence-electron chi connectivity index (χ3n) is 3.40. The van der Waals surface area contributed by atoms with Crippen LogP contribution in [-0.2, 0) is 19.1 Å². The first kappa shape index (κ1) is 19.9. The maximum Gasteiger partial charge on any atom is 0.314 e. The van der Waals surface area contributed by atoms with Crippen molar-refractivity contribution in [2.24, 2.45) is 5.92 Å². The largest absolute Gasteiger partial charge is 0.427 e. The molecule has 0 aliphatic carbocycles. The second-order valence-corrected chi connectivity index (χ2v) is 6.13. The van der Waals surface area contributed by atoms with Gasteiger partial charge in [0, 0.05) is 6.42 Å². The van der Waals surface area contributed by atoms with E-state index in [1.165, 1.54) is 12.8 Å². The molecule has 2 rings (SSSR count). The van der Waals surface area contributed by atoms with Crippen LogP contribution in [0.1, 0.15) is 58.8 Å². The number of unbranched alkanes of at least 4 members (excludes halogenated alkanes) is 2. The van der Waals surface area contributed by atoms with Gasteiger partial charge >= 0.3 is 17.9 Å². The molecule has 0 radical (unpaired) electrons. The van der Waals surface area contributed by atoms with Gasteiger partial charge in [0.15, 0.2) is 0 Å². The van der Waals surface area contributed by atoms with Gasteiger partial charge in [-0.3, -0.25) is 14.4 Å². The molecule has 132 valence electrons. The molecule has 0 atom stereocenters. The van der Waals surface area contributed by atoms with Crippen LogP contribution in [0.3, 0.4) is 0 Å². The van der Waals surface area contributed by atoms with E-state index in [0.717, 1.165) is 18.8 Å². The standard InChI is InChI=1S/C15H22O2.C4H4O3/c1-13(2)9-5-3-8-12-15(16)17-14-10-6-4-7-11-14;5-3-1-2-4(6)7-3/h4,6-7,10-11,13H,3,5,8-9,12H2,1-2H3;1-2H2. The summed E-state index contributed by atoms with van der Waals surface area (Å²) in [7, 11) is 0. The summed E-state index contributed by atoms with van der Waals surface area (Å²) in [4.78, 5) is 31.5. The monoisotopic (exact) mass is 334 g/mol. The number of carbonyl (C=O) groups excluding carboxylic acids is 3. The smallest absolute Gasteiger partial charge is 0.314 e. The SMILES string of the molecule is CC(C)CCCCCC(=O)Oc1ccccc1.O=C1CCC(=O)O1. The molecule has 1 heterocycles. The molecule has 0 saturated carbocycles. The van der Waals surface area contributed by atoms with Crippen molar-refractivity contribution >= 4 is 17.9 Å². The van der Waals surface area contributed by atoms with E-state index >= 15 is 0 Å². The fraction of sp³-hybridized carbons (Fsp3) is 0.526. The normalized spacial score (nSPS) is 13.3. The van der Waals surface area contributed by atoms with Crippen molar-refractivity contribution < 1.29 is 23.9 Å². The Hall–Kier alpha value is -2.17. The van der Waals surface area contributed by atoms with Crippen LogP contribution in [-0.4, -0.2) is 17.9 Å². The molecular weight excluding hydrogens is 308 g/mol. The fourth-order valence-corrected chi connectivity index (χ4v) is 2.10. The quantitative estimate of drug-likeness (QED) is 0.326. The van der Waals surface area contributed by atoms with Crippen molar-refractivity contribution in [2.75, 3.05) is 0 Å². The third-order valence-corrected chi connectivity index (χ3v) is 3.40. The Balaban J connectivity index is 0.000000341. The number of hydrogen-bond donors (Lipinski definition) is 0. The van der Waals surface area contributed by atoms with Crippen LogP contribution in [0.2, 0.25) is 0 Å². The van der Waals surface area contributed by atoms with E-state index < -0.39 is 11.9 Å². The number of benzene rings is 1. The number of ether oxygens (including phenoxy) is 2. The maximum absolute atomic E-state index is 11.5. The molecule has 1 aliphatic rings. The molecule has 1 aromatic carbocycles. The van der Waals surface area contributed by atoms with Gasteiger partial charge in [0.1, 0.15) is 5.75 Å². The lowest BCUT2D eigenvalue weighted by atomic mass is 10.0. The number of carbonyl (C=O) groups is 3. The van der Waals surface area contributed by atoms with Gasteiger partial charge < -0.3 is 9.47 Å². The molecule has 0 bridgehead atoms. The number of cyclic esters (lactones) is 2. The summed E-state index contributed by atoms with van der Waals surface area (Å²) in [5.74, 6) is 0.474. The molecule has 1 aliphatic heterocycles.